The predicted octanol–water partition coefficient (Wildman–Crippen LogP) is 5.15. The lowest BCUT2D eigenvalue weighted by atomic mass is 9.97. The van der Waals surface area contributed by atoms with Crippen molar-refractivity contribution in [2.45, 2.75) is 44.7 Å². The SMILES string of the molecule is CC(C)(c1cn(C2CCCN(c3ccc(Br)cc3)C2=O)nn1)N1CCN(C(=O)C2CCN(c3cc(Cl)ccc3Cl)C2=O)CC1. The summed E-state index contributed by atoms with van der Waals surface area (Å²) in [5, 5.41) is 9.82. The van der Waals surface area contributed by atoms with Gasteiger partial charge in [-0.05, 0) is 75.6 Å². The predicted molar refractivity (Wildman–Crippen MR) is 173 cm³/mol. The molecule has 2 unspecified atom stereocenters. The molecular weight excluding hydrogens is 669 g/mol. The molecule has 0 saturated carbocycles. The van der Waals surface area contributed by atoms with Gasteiger partial charge < -0.3 is 14.7 Å². The zero-order valence-corrected chi connectivity index (χ0v) is 27.7. The van der Waals surface area contributed by atoms with Crippen LogP contribution in [0.2, 0.25) is 10.0 Å². The van der Waals surface area contributed by atoms with Gasteiger partial charge in [-0.15, -0.1) is 5.10 Å². The van der Waals surface area contributed by atoms with Gasteiger partial charge in [0.05, 0.1) is 22.4 Å². The Morgan fingerprint density at radius 2 is 1.64 bits per heavy atom. The van der Waals surface area contributed by atoms with Gasteiger partial charge in [0, 0.05) is 54.5 Å². The first-order valence-corrected chi connectivity index (χ1v) is 16.4. The third-order valence-electron chi connectivity index (χ3n) is 9.09. The highest BCUT2D eigenvalue weighted by molar-refractivity contribution is 9.10. The van der Waals surface area contributed by atoms with Gasteiger partial charge in [-0.3, -0.25) is 19.3 Å². The molecule has 4 heterocycles. The van der Waals surface area contributed by atoms with Crippen molar-refractivity contribution in [3.05, 3.63) is 68.9 Å². The molecule has 2 atom stereocenters. The fourth-order valence-corrected chi connectivity index (χ4v) is 7.05. The number of rotatable bonds is 6. The lowest BCUT2D eigenvalue weighted by Gasteiger charge is -2.43. The Hall–Kier alpha value is -2.99. The Morgan fingerprint density at radius 1 is 0.909 bits per heavy atom. The molecular formula is C31H34BrCl2N7O3. The normalized spacial score (nSPS) is 21.8. The average Bonchev–Trinajstić information content (AvgIpc) is 3.67. The summed E-state index contributed by atoms with van der Waals surface area (Å²) >= 11 is 15.9. The van der Waals surface area contributed by atoms with Crippen molar-refractivity contribution in [2.24, 2.45) is 5.92 Å². The summed E-state index contributed by atoms with van der Waals surface area (Å²) in [6.45, 7) is 7.51. The molecule has 3 aromatic rings. The largest absolute Gasteiger partial charge is 0.339 e. The number of amides is 3. The number of carbonyl (C=O) groups is 3. The summed E-state index contributed by atoms with van der Waals surface area (Å²) in [5.74, 6) is -1.10. The van der Waals surface area contributed by atoms with E-state index in [9.17, 15) is 14.4 Å². The van der Waals surface area contributed by atoms with E-state index >= 15 is 0 Å². The minimum atomic E-state index is -0.727. The van der Waals surface area contributed by atoms with Gasteiger partial charge in [-0.25, -0.2) is 4.68 Å². The van der Waals surface area contributed by atoms with Crippen LogP contribution in [0.4, 0.5) is 11.4 Å². The molecule has 0 radical (unpaired) electrons. The number of carbonyl (C=O) groups excluding carboxylic acids is 3. The number of piperazine rings is 1. The molecule has 0 N–H and O–H groups in total. The summed E-state index contributed by atoms with van der Waals surface area (Å²) in [4.78, 5) is 47.6. The number of hydrogen-bond acceptors (Lipinski definition) is 6. The van der Waals surface area contributed by atoms with Gasteiger partial charge in [0.2, 0.25) is 11.8 Å². The van der Waals surface area contributed by atoms with Crippen LogP contribution < -0.4 is 9.80 Å². The highest BCUT2D eigenvalue weighted by Crippen LogP contribution is 2.35. The molecule has 232 valence electrons. The fourth-order valence-electron chi connectivity index (χ4n) is 6.40. The minimum Gasteiger partial charge on any atom is -0.339 e. The van der Waals surface area contributed by atoms with E-state index in [1.54, 1.807) is 32.7 Å². The quantitative estimate of drug-likeness (QED) is 0.330. The molecule has 1 aromatic heterocycles. The van der Waals surface area contributed by atoms with E-state index in [2.05, 4.69) is 45.0 Å². The number of aromatic nitrogens is 3. The summed E-state index contributed by atoms with van der Waals surface area (Å²) < 4.78 is 2.67. The molecule has 44 heavy (non-hydrogen) atoms. The van der Waals surface area contributed by atoms with E-state index in [4.69, 9.17) is 23.2 Å². The highest BCUT2D eigenvalue weighted by atomic mass is 79.9. The number of anilines is 2. The second-order valence-electron chi connectivity index (χ2n) is 12.0. The molecule has 3 aliphatic heterocycles. The van der Waals surface area contributed by atoms with Gasteiger partial charge in [-0.2, -0.15) is 0 Å². The molecule has 0 bridgehead atoms. The Kier molecular flexibility index (Phi) is 8.76. The van der Waals surface area contributed by atoms with Gasteiger partial charge >= 0.3 is 0 Å². The van der Waals surface area contributed by atoms with Crippen LogP contribution >= 0.6 is 39.1 Å². The van der Waals surface area contributed by atoms with Crippen molar-refractivity contribution < 1.29 is 14.4 Å². The van der Waals surface area contributed by atoms with E-state index in [0.717, 1.165) is 22.3 Å². The second kappa shape index (κ2) is 12.4. The van der Waals surface area contributed by atoms with Gasteiger partial charge in [0.1, 0.15) is 17.7 Å². The van der Waals surface area contributed by atoms with Crippen LogP contribution in [0.1, 0.15) is 44.8 Å². The molecule has 10 nitrogen and oxygen atoms in total. The highest BCUT2D eigenvalue weighted by Gasteiger charge is 2.42. The molecule has 0 aliphatic carbocycles. The van der Waals surface area contributed by atoms with Crippen molar-refractivity contribution in [2.75, 3.05) is 49.1 Å². The summed E-state index contributed by atoms with van der Waals surface area (Å²) in [6.07, 6.45) is 3.90. The van der Waals surface area contributed by atoms with Gasteiger partial charge in [0.15, 0.2) is 0 Å². The summed E-state index contributed by atoms with van der Waals surface area (Å²) in [7, 11) is 0. The number of nitrogens with zero attached hydrogens (tertiary/aromatic N) is 7. The van der Waals surface area contributed by atoms with E-state index < -0.39 is 17.5 Å². The molecule has 3 aliphatic rings. The molecule has 3 fully saturated rings. The van der Waals surface area contributed by atoms with Crippen LogP contribution in [0.5, 0.6) is 0 Å². The van der Waals surface area contributed by atoms with Crippen LogP contribution in [0.25, 0.3) is 0 Å². The Bertz CT molecular complexity index is 1570. The van der Waals surface area contributed by atoms with Crippen LogP contribution in [-0.2, 0) is 19.9 Å². The van der Waals surface area contributed by atoms with Crippen molar-refractivity contribution in [3.63, 3.8) is 0 Å². The number of benzene rings is 2. The first-order chi connectivity index (χ1) is 21.0. The number of hydrogen-bond donors (Lipinski definition) is 0. The maximum atomic E-state index is 13.5. The van der Waals surface area contributed by atoms with Crippen LogP contribution in [-0.4, -0.2) is 81.8 Å². The molecule has 0 spiro atoms. The Morgan fingerprint density at radius 3 is 2.36 bits per heavy atom. The van der Waals surface area contributed by atoms with Crippen molar-refractivity contribution in [1.82, 2.24) is 24.8 Å². The number of piperidine rings is 1. The molecule has 3 amide bonds. The van der Waals surface area contributed by atoms with E-state index in [0.29, 0.717) is 67.8 Å². The van der Waals surface area contributed by atoms with Crippen molar-refractivity contribution >= 4 is 68.2 Å². The first kappa shape index (κ1) is 31.0. The van der Waals surface area contributed by atoms with E-state index in [-0.39, 0.29) is 17.7 Å². The Labute approximate surface area is 275 Å². The van der Waals surface area contributed by atoms with E-state index in [1.165, 1.54) is 0 Å². The zero-order valence-electron chi connectivity index (χ0n) is 24.6. The first-order valence-electron chi connectivity index (χ1n) is 14.8. The van der Waals surface area contributed by atoms with Crippen molar-refractivity contribution in [3.8, 4) is 0 Å². The molecule has 2 aromatic carbocycles. The van der Waals surface area contributed by atoms with E-state index in [1.807, 2.05) is 35.4 Å². The van der Waals surface area contributed by atoms with Crippen molar-refractivity contribution in [1.29, 1.82) is 0 Å². The summed E-state index contributed by atoms with van der Waals surface area (Å²) in [5.41, 5.74) is 1.71. The zero-order chi connectivity index (χ0) is 31.2. The van der Waals surface area contributed by atoms with Gasteiger partial charge in [-0.1, -0.05) is 44.3 Å². The maximum absolute atomic E-state index is 13.5. The smallest absolute Gasteiger partial charge is 0.251 e. The lowest BCUT2D eigenvalue weighted by molar-refractivity contribution is -0.142. The Balaban J connectivity index is 1.08. The second-order valence-corrected chi connectivity index (χ2v) is 13.8. The standard InChI is InChI=1S/C31H34BrCl2N7O3/c1-31(2,27-19-41(36-35-27)25-4-3-12-39(30(25)44)22-8-5-20(32)6-9-22)38-16-14-37(15-17-38)28(42)23-11-13-40(29(23)43)26-18-21(33)7-10-24(26)34/h5-10,18-19,23,25H,3-4,11-17H2,1-2H3. The fraction of sp³-hybridized carbons (Fsp3) is 0.452. The summed E-state index contributed by atoms with van der Waals surface area (Å²) in [6, 6.07) is 12.3. The average molecular weight is 703 g/mol. The topological polar surface area (TPSA) is 94.9 Å². The van der Waals surface area contributed by atoms with Gasteiger partial charge in [0.25, 0.3) is 5.91 Å². The monoisotopic (exact) mass is 701 g/mol. The third kappa shape index (κ3) is 5.87. The third-order valence-corrected chi connectivity index (χ3v) is 10.2. The van der Waals surface area contributed by atoms with Crippen LogP contribution in [0, 0.1) is 5.92 Å². The molecule has 6 rings (SSSR count). The molecule has 3 saturated heterocycles. The van der Waals surface area contributed by atoms with Crippen LogP contribution in [0.15, 0.2) is 53.1 Å². The maximum Gasteiger partial charge on any atom is 0.251 e. The molecule has 13 heteroatoms. The lowest BCUT2D eigenvalue weighted by Crippen LogP contribution is -2.56. The number of halogens is 3. The minimum absolute atomic E-state index is 0.0117. The van der Waals surface area contributed by atoms with Crippen LogP contribution in [0.3, 0.4) is 0 Å².